The van der Waals surface area contributed by atoms with Crippen LogP contribution in [0.4, 0.5) is 11.4 Å². The van der Waals surface area contributed by atoms with E-state index < -0.39 is 21.1 Å². The van der Waals surface area contributed by atoms with E-state index in [0.29, 0.717) is 17.2 Å². The van der Waals surface area contributed by atoms with E-state index in [-0.39, 0.29) is 5.97 Å². The number of carbonyl (C=O) groups is 1. The first-order chi connectivity index (χ1) is 18.5. The molecule has 2 aromatic rings. The molecule has 1 aliphatic rings. The predicted molar refractivity (Wildman–Crippen MR) is 170 cm³/mol. The number of rotatable bonds is 12. The Morgan fingerprint density at radius 3 is 2.26 bits per heavy atom. The highest BCUT2D eigenvalue weighted by molar-refractivity contribution is 8.22. The summed E-state index contributed by atoms with van der Waals surface area (Å²) in [5.41, 5.74) is 2.47. The molecular weight excluding hydrogens is 549 g/mol. The van der Waals surface area contributed by atoms with Crippen LogP contribution in [0.15, 0.2) is 52.3 Å². The lowest BCUT2D eigenvalue weighted by atomic mass is 9.86. The zero-order valence-electron chi connectivity index (χ0n) is 24.5. The van der Waals surface area contributed by atoms with Crippen molar-refractivity contribution >= 4 is 51.6 Å². The van der Waals surface area contributed by atoms with E-state index in [0.717, 1.165) is 60.4 Å². The molecule has 0 saturated carbocycles. The van der Waals surface area contributed by atoms with Gasteiger partial charge in [-0.3, -0.25) is 13.9 Å². The van der Waals surface area contributed by atoms with Crippen LogP contribution in [0, 0.1) is 0 Å². The number of carbonyl (C=O) groups excluding carboxylic acids is 1. The number of esters is 1. The van der Waals surface area contributed by atoms with Crippen LogP contribution in [0.3, 0.4) is 0 Å². The van der Waals surface area contributed by atoms with Crippen molar-refractivity contribution in [3.63, 3.8) is 0 Å². The van der Waals surface area contributed by atoms with Crippen molar-refractivity contribution in [3.05, 3.63) is 48.0 Å². The van der Waals surface area contributed by atoms with Gasteiger partial charge in [-0.2, -0.15) is 4.31 Å². The van der Waals surface area contributed by atoms with E-state index in [2.05, 4.69) is 36.9 Å². The summed E-state index contributed by atoms with van der Waals surface area (Å²) in [7, 11) is 0.00136. The minimum absolute atomic E-state index is 0.274. The lowest BCUT2D eigenvalue weighted by Gasteiger charge is -2.50. The average molecular weight is 595 g/mol. The molecular formula is C30H46N2O4S3. The first kappa shape index (κ1) is 32.2. The molecule has 6 nitrogen and oxygen atoms in total. The number of likely N-dealkylation sites (N-methyl/N-ethyl adjacent to an activating group) is 1. The van der Waals surface area contributed by atoms with Gasteiger partial charge in [0.1, 0.15) is 4.75 Å². The highest BCUT2D eigenvalue weighted by atomic mass is 32.3. The van der Waals surface area contributed by atoms with Gasteiger partial charge >= 0.3 is 5.97 Å². The Morgan fingerprint density at radius 2 is 1.72 bits per heavy atom. The number of hydrogen-bond donors (Lipinski definition) is 2. The summed E-state index contributed by atoms with van der Waals surface area (Å²) in [6.07, 6.45) is 7.95. The van der Waals surface area contributed by atoms with E-state index in [1.54, 1.807) is 11.8 Å². The fraction of sp³-hybridized carbons (Fsp3) is 0.567. The Bertz CT molecular complexity index is 1100. The van der Waals surface area contributed by atoms with Gasteiger partial charge in [0, 0.05) is 29.9 Å². The number of benzene rings is 2. The number of thioether (sulfide) groups is 2. The fourth-order valence-corrected chi connectivity index (χ4v) is 8.73. The molecule has 218 valence electrons. The van der Waals surface area contributed by atoms with Crippen LogP contribution >= 0.6 is 34.3 Å². The number of hydrogen-bond acceptors (Lipinski definition) is 8. The Hall–Kier alpha value is -1.36. The van der Waals surface area contributed by atoms with Gasteiger partial charge in [0.15, 0.2) is 0 Å². The molecule has 9 heteroatoms. The van der Waals surface area contributed by atoms with E-state index in [9.17, 15) is 13.9 Å². The molecule has 0 saturated heterocycles. The monoisotopic (exact) mass is 594 g/mol. The van der Waals surface area contributed by atoms with Gasteiger partial charge in [0.05, 0.1) is 23.2 Å². The number of nitrogens with zero attached hydrogens (tertiary/aromatic N) is 2. The van der Waals surface area contributed by atoms with Crippen molar-refractivity contribution < 1.29 is 18.6 Å². The summed E-state index contributed by atoms with van der Waals surface area (Å²) < 4.78 is 30.3. The van der Waals surface area contributed by atoms with Gasteiger partial charge in [-0.05, 0) is 62.8 Å². The topological polar surface area (TPSA) is 73.2 Å². The number of fused-ring (bicyclic) bond motifs is 1. The third-order valence-electron chi connectivity index (χ3n) is 7.77. The summed E-state index contributed by atoms with van der Waals surface area (Å²) in [6.45, 7) is 8.78. The maximum atomic E-state index is 12.3. The summed E-state index contributed by atoms with van der Waals surface area (Å²) in [5, 5.41) is 0. The largest absolute Gasteiger partial charge is 0.468 e. The molecule has 0 aromatic heterocycles. The molecule has 39 heavy (non-hydrogen) atoms. The lowest BCUT2D eigenvalue weighted by molar-refractivity contribution is -0.142. The van der Waals surface area contributed by atoms with Crippen LogP contribution in [-0.4, -0.2) is 56.6 Å². The van der Waals surface area contributed by atoms with Crippen LogP contribution in [0.25, 0.3) is 0 Å². The Balaban J connectivity index is 2.22. The third kappa shape index (κ3) is 6.93. The smallest absolute Gasteiger partial charge is 0.321 e. The Kier molecular flexibility index (Phi) is 11.2. The fourth-order valence-electron chi connectivity index (χ4n) is 5.23. The van der Waals surface area contributed by atoms with Crippen molar-refractivity contribution in [1.82, 2.24) is 4.31 Å². The molecule has 0 amide bonds. The summed E-state index contributed by atoms with van der Waals surface area (Å²) in [4.78, 5) is 16.3. The molecule has 2 N–H and O–H groups in total. The Morgan fingerprint density at radius 1 is 1.10 bits per heavy atom. The maximum Gasteiger partial charge on any atom is 0.321 e. The van der Waals surface area contributed by atoms with Gasteiger partial charge in [-0.1, -0.05) is 57.7 Å². The number of methoxy groups -OCH3 is 1. The molecule has 0 bridgehead atoms. The van der Waals surface area contributed by atoms with Gasteiger partial charge in [0.2, 0.25) is 0 Å². The molecule has 3 rings (SSSR count). The highest BCUT2D eigenvalue weighted by Crippen LogP contribution is 2.62. The first-order valence-corrected chi connectivity index (χ1v) is 17.5. The summed E-state index contributed by atoms with van der Waals surface area (Å²) in [5.74, 6) is 0.274. The molecule has 0 atom stereocenters. The molecule has 0 fully saturated rings. The zero-order chi connectivity index (χ0) is 28.8. The van der Waals surface area contributed by atoms with Crippen molar-refractivity contribution in [3.8, 4) is 0 Å². The average Bonchev–Trinajstić information content (AvgIpc) is 3.01. The van der Waals surface area contributed by atoms with E-state index >= 15 is 0 Å². The molecule has 2 aromatic carbocycles. The molecule has 0 radical (unpaired) electrons. The molecule has 0 unspecified atom stereocenters. The number of anilines is 2. The summed E-state index contributed by atoms with van der Waals surface area (Å²) in [6, 6.07) is 14.4. The van der Waals surface area contributed by atoms with Crippen LogP contribution in [0.2, 0.25) is 0 Å². The maximum absolute atomic E-state index is 12.3. The number of unbranched alkanes of at least 4 members (excludes halogenated alkanes) is 2. The van der Waals surface area contributed by atoms with E-state index in [1.165, 1.54) is 18.9 Å². The molecule has 1 aliphatic heterocycles. The number of ether oxygens (including phenoxy) is 1. The van der Waals surface area contributed by atoms with Crippen molar-refractivity contribution in [2.75, 3.05) is 31.9 Å². The second-order valence-corrected chi connectivity index (χ2v) is 15.3. The van der Waals surface area contributed by atoms with Gasteiger partial charge in [-0.25, -0.2) is 0 Å². The van der Waals surface area contributed by atoms with Crippen LogP contribution in [-0.2, 0) is 15.3 Å². The molecule has 0 aliphatic carbocycles. The molecule has 1 heterocycles. The van der Waals surface area contributed by atoms with Crippen LogP contribution in [0.5, 0.6) is 0 Å². The van der Waals surface area contributed by atoms with E-state index in [4.69, 9.17) is 4.74 Å². The normalized spacial score (nSPS) is 17.8. The van der Waals surface area contributed by atoms with Crippen molar-refractivity contribution in [2.45, 2.75) is 92.0 Å². The minimum atomic E-state index is -3.31. The van der Waals surface area contributed by atoms with E-state index in [1.807, 2.05) is 55.7 Å². The predicted octanol–water partition coefficient (Wildman–Crippen LogP) is 8.82. The van der Waals surface area contributed by atoms with Crippen LogP contribution in [0.1, 0.15) is 71.8 Å². The number of para-hydroxylation sites is 1. The minimum Gasteiger partial charge on any atom is -0.468 e. The van der Waals surface area contributed by atoms with Gasteiger partial charge in [0.25, 0.3) is 0 Å². The SMILES string of the molecule is CCCCC1(CCCC)CN(c2ccccc2)c2cc(SC)c(CSC(C)(C)C(=O)OC)cc2S(O)(O)N1C. The highest BCUT2D eigenvalue weighted by Gasteiger charge is 2.47. The van der Waals surface area contributed by atoms with Crippen LogP contribution < -0.4 is 4.90 Å². The van der Waals surface area contributed by atoms with Crippen molar-refractivity contribution in [1.29, 1.82) is 0 Å². The second kappa shape index (κ2) is 13.5. The Labute approximate surface area is 245 Å². The third-order valence-corrected chi connectivity index (χ3v) is 12.0. The lowest BCUT2D eigenvalue weighted by Crippen LogP contribution is -2.52. The quantitative estimate of drug-likeness (QED) is 0.187. The molecule has 0 spiro atoms. The summed E-state index contributed by atoms with van der Waals surface area (Å²) >= 11 is 3.14. The zero-order valence-corrected chi connectivity index (χ0v) is 27.0. The van der Waals surface area contributed by atoms with Gasteiger partial charge in [-0.15, -0.1) is 34.3 Å². The first-order valence-electron chi connectivity index (χ1n) is 13.8. The van der Waals surface area contributed by atoms with Crippen molar-refractivity contribution in [2.24, 2.45) is 0 Å². The van der Waals surface area contributed by atoms with Gasteiger partial charge < -0.3 is 9.64 Å². The standard InChI is InChI=1S/C30H46N2O4S3/c1-8-10-17-30(18-11-9-2)22-32(24-15-13-12-14-16-24)25-20-26(37-7)23(19-27(25)39(34,35)31(30)5)21-38-29(3,4)28(33)36-6/h12-16,19-20,34-35H,8-11,17-18,21-22H2,1-7H3. The second-order valence-electron chi connectivity index (χ2n) is 10.8.